The third kappa shape index (κ3) is 4.35. The molecular formula is C24H18F3N3O2. The van der Waals surface area contributed by atoms with Crippen LogP contribution in [0.15, 0.2) is 66.9 Å². The third-order valence-corrected chi connectivity index (χ3v) is 5.22. The van der Waals surface area contributed by atoms with E-state index in [1.54, 1.807) is 6.07 Å². The van der Waals surface area contributed by atoms with Crippen molar-refractivity contribution in [3.8, 4) is 17.3 Å². The molecule has 0 fully saturated rings. The summed E-state index contributed by atoms with van der Waals surface area (Å²) in [4.78, 5) is 4.30. The Labute approximate surface area is 181 Å². The molecule has 0 aliphatic carbocycles. The van der Waals surface area contributed by atoms with Crippen LogP contribution in [0.5, 0.6) is 0 Å². The number of benzene rings is 2. The van der Waals surface area contributed by atoms with Gasteiger partial charge >= 0.3 is 6.18 Å². The number of aliphatic hydroxyl groups is 2. The summed E-state index contributed by atoms with van der Waals surface area (Å²) in [5.41, 5.74) is 2.70. The van der Waals surface area contributed by atoms with Gasteiger partial charge in [-0.25, -0.2) is 4.98 Å². The smallest absolute Gasteiger partial charge is 0.393 e. The van der Waals surface area contributed by atoms with Crippen LogP contribution in [0.2, 0.25) is 0 Å². The minimum atomic E-state index is -4.36. The highest BCUT2D eigenvalue weighted by molar-refractivity contribution is 5.85. The predicted octanol–water partition coefficient (Wildman–Crippen LogP) is 4.67. The van der Waals surface area contributed by atoms with Gasteiger partial charge < -0.3 is 14.8 Å². The molecule has 5 nitrogen and oxygen atoms in total. The van der Waals surface area contributed by atoms with Crippen LogP contribution < -0.4 is 0 Å². The number of fused-ring (bicyclic) bond motifs is 1. The lowest BCUT2D eigenvalue weighted by Gasteiger charge is -2.11. The van der Waals surface area contributed by atoms with E-state index in [9.17, 15) is 28.6 Å². The third-order valence-electron chi connectivity index (χ3n) is 5.22. The van der Waals surface area contributed by atoms with Gasteiger partial charge in [0.05, 0.1) is 17.9 Å². The molecule has 0 bridgehead atoms. The second-order valence-electron chi connectivity index (χ2n) is 7.39. The zero-order chi connectivity index (χ0) is 22.9. The zero-order valence-electron chi connectivity index (χ0n) is 16.7. The lowest BCUT2D eigenvalue weighted by atomic mass is 10.0. The number of pyridine rings is 1. The molecule has 162 valence electrons. The molecule has 1 unspecified atom stereocenters. The normalized spacial score (nSPS) is 12.6. The van der Waals surface area contributed by atoms with Gasteiger partial charge in [0.25, 0.3) is 0 Å². The number of hydrogen-bond donors (Lipinski definition) is 2. The first-order chi connectivity index (χ1) is 15.3. The lowest BCUT2D eigenvalue weighted by molar-refractivity contribution is -0.137. The van der Waals surface area contributed by atoms with Gasteiger partial charge in [0, 0.05) is 29.2 Å². The molecule has 0 aliphatic rings. The molecule has 2 heterocycles. The SMILES string of the molecule is N#Cc1cc(C(O)CO)cc(-c2ccc3c(ccn3Cc3ccc(C(F)(F)F)cc3)c2)n1. The van der Waals surface area contributed by atoms with Crippen molar-refractivity contribution in [2.24, 2.45) is 0 Å². The Morgan fingerprint density at radius 1 is 1.03 bits per heavy atom. The van der Waals surface area contributed by atoms with E-state index in [4.69, 9.17) is 0 Å². The molecule has 1 atom stereocenters. The minimum Gasteiger partial charge on any atom is -0.393 e. The van der Waals surface area contributed by atoms with Crippen molar-refractivity contribution >= 4 is 10.9 Å². The van der Waals surface area contributed by atoms with Crippen molar-refractivity contribution in [3.05, 3.63) is 89.2 Å². The van der Waals surface area contributed by atoms with Crippen LogP contribution in [-0.4, -0.2) is 26.4 Å². The molecule has 0 radical (unpaired) electrons. The Hall–Kier alpha value is -3.67. The van der Waals surface area contributed by atoms with E-state index in [-0.39, 0.29) is 5.69 Å². The number of hydrogen-bond acceptors (Lipinski definition) is 4. The summed E-state index contributed by atoms with van der Waals surface area (Å²) in [6, 6.07) is 17.6. The lowest BCUT2D eigenvalue weighted by Crippen LogP contribution is -2.05. The van der Waals surface area contributed by atoms with Gasteiger partial charge in [-0.2, -0.15) is 18.4 Å². The molecule has 0 aliphatic heterocycles. The summed E-state index contributed by atoms with van der Waals surface area (Å²) in [5.74, 6) is 0. The number of nitrogens with zero attached hydrogens (tertiary/aromatic N) is 3. The van der Waals surface area contributed by atoms with Gasteiger partial charge in [-0.05, 0) is 53.6 Å². The van der Waals surface area contributed by atoms with Crippen molar-refractivity contribution < 1.29 is 23.4 Å². The van der Waals surface area contributed by atoms with Crippen LogP contribution in [0.1, 0.15) is 28.5 Å². The van der Waals surface area contributed by atoms with Crippen molar-refractivity contribution in [3.63, 3.8) is 0 Å². The number of aromatic nitrogens is 2. The molecule has 0 spiro atoms. The van der Waals surface area contributed by atoms with E-state index in [1.165, 1.54) is 18.2 Å². The highest BCUT2D eigenvalue weighted by Crippen LogP contribution is 2.30. The first-order valence-electron chi connectivity index (χ1n) is 9.75. The van der Waals surface area contributed by atoms with Crippen molar-refractivity contribution in [2.45, 2.75) is 18.8 Å². The fourth-order valence-corrected chi connectivity index (χ4v) is 3.55. The Morgan fingerprint density at radius 2 is 1.78 bits per heavy atom. The molecule has 2 aromatic heterocycles. The van der Waals surface area contributed by atoms with E-state index in [1.807, 2.05) is 41.1 Å². The van der Waals surface area contributed by atoms with Crippen molar-refractivity contribution in [2.75, 3.05) is 6.61 Å². The van der Waals surface area contributed by atoms with Gasteiger partial charge in [0.1, 0.15) is 17.9 Å². The van der Waals surface area contributed by atoms with Crippen LogP contribution >= 0.6 is 0 Å². The first-order valence-corrected chi connectivity index (χ1v) is 9.75. The van der Waals surface area contributed by atoms with E-state index < -0.39 is 24.5 Å². The van der Waals surface area contributed by atoms with Gasteiger partial charge in [0.15, 0.2) is 0 Å². The van der Waals surface area contributed by atoms with Gasteiger partial charge in [0.2, 0.25) is 0 Å². The molecule has 4 rings (SSSR count). The quantitative estimate of drug-likeness (QED) is 0.476. The fraction of sp³-hybridized carbons (Fsp3) is 0.167. The Bertz CT molecular complexity index is 1310. The molecule has 4 aromatic rings. The molecular weight excluding hydrogens is 419 g/mol. The molecule has 0 saturated heterocycles. The van der Waals surface area contributed by atoms with Crippen LogP contribution in [0.3, 0.4) is 0 Å². The van der Waals surface area contributed by atoms with Gasteiger partial charge in [-0.15, -0.1) is 0 Å². The largest absolute Gasteiger partial charge is 0.416 e. The topological polar surface area (TPSA) is 82.1 Å². The van der Waals surface area contributed by atoms with Crippen LogP contribution in [0.25, 0.3) is 22.2 Å². The number of nitriles is 1. The van der Waals surface area contributed by atoms with E-state index in [0.717, 1.165) is 34.2 Å². The van der Waals surface area contributed by atoms with Gasteiger partial charge in [-0.1, -0.05) is 18.2 Å². The number of rotatable bonds is 5. The fourth-order valence-electron chi connectivity index (χ4n) is 3.55. The highest BCUT2D eigenvalue weighted by atomic mass is 19.4. The van der Waals surface area contributed by atoms with Crippen LogP contribution in [0, 0.1) is 11.3 Å². The summed E-state index contributed by atoms with van der Waals surface area (Å²) in [7, 11) is 0. The summed E-state index contributed by atoms with van der Waals surface area (Å²) >= 11 is 0. The standard InChI is InChI=1S/C24H18F3N3O2/c25-24(26,27)19-4-1-15(2-5-19)13-30-8-7-17-9-16(3-6-22(17)30)21-11-18(23(32)14-31)10-20(12-28)29-21/h1-11,23,31-32H,13-14H2. The highest BCUT2D eigenvalue weighted by Gasteiger charge is 2.29. The second-order valence-corrected chi connectivity index (χ2v) is 7.39. The maximum Gasteiger partial charge on any atom is 0.416 e. The van der Waals surface area contributed by atoms with Gasteiger partial charge in [-0.3, -0.25) is 0 Å². The first kappa shape index (κ1) is 21.6. The summed E-state index contributed by atoms with van der Waals surface area (Å²) in [6.45, 7) is -0.0594. The number of halogens is 3. The molecule has 8 heteroatoms. The van der Waals surface area contributed by atoms with Crippen LogP contribution in [-0.2, 0) is 12.7 Å². The maximum absolute atomic E-state index is 12.8. The molecule has 2 N–H and O–H groups in total. The Kier molecular flexibility index (Phi) is 5.70. The van der Waals surface area contributed by atoms with E-state index >= 15 is 0 Å². The maximum atomic E-state index is 12.8. The predicted molar refractivity (Wildman–Crippen MR) is 112 cm³/mol. The molecule has 0 amide bonds. The summed E-state index contributed by atoms with van der Waals surface area (Å²) < 4.78 is 40.2. The number of alkyl halides is 3. The second kappa shape index (κ2) is 8.46. The van der Waals surface area contributed by atoms with E-state index in [2.05, 4.69) is 4.98 Å². The Morgan fingerprint density at radius 3 is 2.44 bits per heavy atom. The zero-order valence-corrected chi connectivity index (χ0v) is 16.7. The van der Waals surface area contributed by atoms with Crippen molar-refractivity contribution in [1.29, 1.82) is 5.26 Å². The Balaban J connectivity index is 1.64. The summed E-state index contributed by atoms with van der Waals surface area (Å²) in [5, 5.41) is 29.3. The number of aliphatic hydroxyl groups excluding tert-OH is 2. The average Bonchev–Trinajstić information content (AvgIpc) is 3.19. The van der Waals surface area contributed by atoms with Crippen LogP contribution in [0.4, 0.5) is 13.2 Å². The summed E-state index contributed by atoms with van der Waals surface area (Å²) in [6.07, 6.45) is -3.62. The minimum absolute atomic E-state index is 0.130. The van der Waals surface area contributed by atoms with Crippen molar-refractivity contribution in [1.82, 2.24) is 9.55 Å². The molecule has 32 heavy (non-hydrogen) atoms. The molecule has 2 aromatic carbocycles. The molecule has 0 saturated carbocycles. The monoisotopic (exact) mass is 437 g/mol. The van der Waals surface area contributed by atoms with E-state index in [0.29, 0.717) is 17.8 Å². The average molecular weight is 437 g/mol.